The molecule has 2 aromatic rings. The van der Waals surface area contributed by atoms with Crippen molar-refractivity contribution < 1.29 is 9.59 Å². The van der Waals surface area contributed by atoms with Gasteiger partial charge in [-0.2, -0.15) is 0 Å². The SMILES string of the molecule is CCCCNC(=O)C1CCC(C)N(C(=O)c2sc3ncn(C)c(=O)c3c2C)C1. The second-order valence-corrected chi connectivity index (χ2v) is 8.62. The molecule has 7 nitrogen and oxygen atoms in total. The van der Waals surface area contributed by atoms with Crippen molar-refractivity contribution in [2.24, 2.45) is 13.0 Å². The molecule has 1 fully saturated rings. The number of carbonyl (C=O) groups is 2. The maximum absolute atomic E-state index is 13.3. The van der Waals surface area contributed by atoms with Crippen molar-refractivity contribution >= 4 is 33.4 Å². The first kappa shape index (κ1) is 20.5. The molecule has 1 saturated heterocycles. The Morgan fingerprint density at radius 3 is 2.82 bits per heavy atom. The van der Waals surface area contributed by atoms with Gasteiger partial charge in [-0.15, -0.1) is 11.3 Å². The highest BCUT2D eigenvalue weighted by Gasteiger charge is 2.34. The van der Waals surface area contributed by atoms with E-state index >= 15 is 0 Å². The van der Waals surface area contributed by atoms with Gasteiger partial charge in [0.05, 0.1) is 22.5 Å². The number of carbonyl (C=O) groups excluding carboxylic acids is 2. The van der Waals surface area contributed by atoms with Crippen molar-refractivity contribution in [2.75, 3.05) is 13.1 Å². The molecule has 152 valence electrons. The number of likely N-dealkylation sites (tertiary alicyclic amines) is 1. The summed E-state index contributed by atoms with van der Waals surface area (Å²) >= 11 is 1.26. The molecular weight excluding hydrogens is 376 g/mol. The molecule has 28 heavy (non-hydrogen) atoms. The zero-order valence-corrected chi connectivity index (χ0v) is 17.8. The van der Waals surface area contributed by atoms with Crippen LogP contribution in [0.4, 0.5) is 0 Å². The van der Waals surface area contributed by atoms with Gasteiger partial charge in [0, 0.05) is 26.2 Å². The van der Waals surface area contributed by atoms with Crippen molar-refractivity contribution in [3.63, 3.8) is 0 Å². The molecular formula is C20H28N4O3S. The van der Waals surface area contributed by atoms with Crippen molar-refractivity contribution in [3.05, 3.63) is 27.1 Å². The molecule has 1 aliphatic rings. The van der Waals surface area contributed by atoms with Crippen LogP contribution < -0.4 is 10.9 Å². The number of hydrogen-bond acceptors (Lipinski definition) is 5. The molecule has 0 aliphatic carbocycles. The van der Waals surface area contributed by atoms with E-state index in [2.05, 4.69) is 17.2 Å². The number of thiophene rings is 1. The maximum Gasteiger partial charge on any atom is 0.264 e. The first-order valence-electron chi connectivity index (χ1n) is 9.88. The lowest BCUT2D eigenvalue weighted by Crippen LogP contribution is -2.49. The minimum Gasteiger partial charge on any atom is -0.356 e. The fourth-order valence-corrected chi connectivity index (χ4v) is 4.78. The Morgan fingerprint density at radius 2 is 2.11 bits per heavy atom. The summed E-state index contributed by atoms with van der Waals surface area (Å²) in [6, 6.07) is 0.0626. The third-order valence-corrected chi connectivity index (χ3v) is 6.74. The number of nitrogens with one attached hydrogen (secondary N) is 1. The highest BCUT2D eigenvalue weighted by Crippen LogP contribution is 2.31. The Bertz CT molecular complexity index is 949. The summed E-state index contributed by atoms with van der Waals surface area (Å²) in [5.41, 5.74) is 0.540. The Morgan fingerprint density at radius 1 is 1.36 bits per heavy atom. The molecule has 2 aromatic heterocycles. The number of piperidine rings is 1. The van der Waals surface area contributed by atoms with Crippen LogP contribution in [-0.2, 0) is 11.8 Å². The number of unbranched alkanes of at least 4 members (excludes halogenated alkanes) is 1. The zero-order valence-electron chi connectivity index (χ0n) is 16.9. The molecule has 0 bridgehead atoms. The summed E-state index contributed by atoms with van der Waals surface area (Å²) in [6.07, 6.45) is 5.05. The van der Waals surface area contributed by atoms with E-state index in [1.165, 1.54) is 22.2 Å². The maximum atomic E-state index is 13.3. The van der Waals surface area contributed by atoms with Crippen LogP contribution in [0, 0.1) is 12.8 Å². The summed E-state index contributed by atoms with van der Waals surface area (Å²) in [6.45, 7) is 7.00. The van der Waals surface area contributed by atoms with Gasteiger partial charge in [0.25, 0.3) is 11.5 Å². The topological polar surface area (TPSA) is 84.3 Å². The molecule has 1 N–H and O–H groups in total. The van der Waals surface area contributed by atoms with Crippen LogP contribution in [0.3, 0.4) is 0 Å². The molecule has 0 saturated carbocycles. The fourth-order valence-electron chi connectivity index (χ4n) is 3.68. The number of rotatable bonds is 5. The molecule has 1 aliphatic heterocycles. The van der Waals surface area contributed by atoms with Crippen LogP contribution in [0.25, 0.3) is 10.2 Å². The smallest absolute Gasteiger partial charge is 0.264 e. The van der Waals surface area contributed by atoms with Gasteiger partial charge >= 0.3 is 0 Å². The lowest BCUT2D eigenvalue weighted by molar-refractivity contribution is -0.126. The second-order valence-electron chi connectivity index (χ2n) is 7.62. The number of fused-ring (bicyclic) bond motifs is 1. The third-order valence-electron chi connectivity index (χ3n) is 5.55. The van der Waals surface area contributed by atoms with Crippen molar-refractivity contribution in [1.82, 2.24) is 19.8 Å². The summed E-state index contributed by atoms with van der Waals surface area (Å²) in [5.74, 6) is -0.263. The van der Waals surface area contributed by atoms with E-state index in [4.69, 9.17) is 0 Å². The minimum absolute atomic E-state index is 0.0294. The monoisotopic (exact) mass is 404 g/mol. The average molecular weight is 405 g/mol. The molecule has 3 heterocycles. The van der Waals surface area contributed by atoms with Crippen LogP contribution >= 0.6 is 11.3 Å². The van der Waals surface area contributed by atoms with Gasteiger partial charge in [0.1, 0.15) is 4.83 Å². The van der Waals surface area contributed by atoms with Crippen LogP contribution in [0.15, 0.2) is 11.1 Å². The molecule has 2 atom stereocenters. The zero-order chi connectivity index (χ0) is 20.4. The standard InChI is InChI=1S/C20H28N4O3S/c1-5-6-9-21-17(25)14-8-7-12(2)24(10-14)20(27)16-13(3)15-18(28-16)22-11-23(4)19(15)26/h11-12,14H,5-10H2,1-4H3,(H,21,25). The van der Waals surface area contributed by atoms with Gasteiger partial charge in [-0.05, 0) is 38.7 Å². The number of aryl methyl sites for hydroxylation is 2. The van der Waals surface area contributed by atoms with Crippen molar-refractivity contribution in [1.29, 1.82) is 0 Å². The average Bonchev–Trinajstić information content (AvgIpc) is 3.02. The number of amides is 2. The lowest BCUT2D eigenvalue weighted by Gasteiger charge is -2.37. The molecule has 8 heteroatoms. The first-order valence-corrected chi connectivity index (χ1v) is 10.7. The van der Waals surface area contributed by atoms with E-state index in [0.717, 1.165) is 25.7 Å². The van der Waals surface area contributed by atoms with Crippen molar-refractivity contribution in [2.45, 2.75) is 52.5 Å². The van der Waals surface area contributed by atoms with Gasteiger partial charge in [0.15, 0.2) is 0 Å². The predicted octanol–water partition coefficient (Wildman–Crippen LogP) is 2.46. The number of aromatic nitrogens is 2. The van der Waals surface area contributed by atoms with Gasteiger partial charge in [0.2, 0.25) is 5.91 Å². The van der Waals surface area contributed by atoms with Gasteiger partial charge in [-0.3, -0.25) is 14.4 Å². The molecule has 2 unspecified atom stereocenters. The Labute approximate surface area is 168 Å². The molecule has 3 rings (SSSR count). The molecule has 0 spiro atoms. The summed E-state index contributed by atoms with van der Waals surface area (Å²) < 4.78 is 1.43. The Kier molecular flexibility index (Phi) is 6.17. The third kappa shape index (κ3) is 3.83. The second kappa shape index (κ2) is 8.43. The fraction of sp³-hybridized carbons (Fsp3) is 0.600. The Hall–Kier alpha value is -2.22. The highest BCUT2D eigenvalue weighted by molar-refractivity contribution is 7.20. The number of hydrogen-bond donors (Lipinski definition) is 1. The van der Waals surface area contributed by atoms with Crippen LogP contribution in [0.5, 0.6) is 0 Å². The van der Waals surface area contributed by atoms with E-state index in [-0.39, 0.29) is 29.3 Å². The number of nitrogens with zero attached hydrogens (tertiary/aromatic N) is 3. The predicted molar refractivity (Wildman–Crippen MR) is 111 cm³/mol. The lowest BCUT2D eigenvalue weighted by atomic mass is 9.92. The molecule has 2 amide bonds. The highest BCUT2D eigenvalue weighted by atomic mass is 32.1. The summed E-state index contributed by atoms with van der Waals surface area (Å²) in [4.78, 5) is 45.4. The van der Waals surface area contributed by atoms with Crippen LogP contribution in [0.1, 0.15) is 54.8 Å². The van der Waals surface area contributed by atoms with Crippen LogP contribution in [0.2, 0.25) is 0 Å². The van der Waals surface area contributed by atoms with Gasteiger partial charge in [-0.25, -0.2) is 4.98 Å². The molecule has 0 radical (unpaired) electrons. The van der Waals surface area contributed by atoms with Gasteiger partial charge in [-0.1, -0.05) is 13.3 Å². The quantitative estimate of drug-likeness (QED) is 0.776. The molecule has 0 aromatic carbocycles. The minimum atomic E-state index is -0.183. The van der Waals surface area contributed by atoms with E-state index in [1.807, 2.05) is 6.92 Å². The van der Waals surface area contributed by atoms with E-state index in [0.29, 0.717) is 33.7 Å². The largest absolute Gasteiger partial charge is 0.356 e. The van der Waals surface area contributed by atoms with Gasteiger partial charge < -0.3 is 14.8 Å². The van der Waals surface area contributed by atoms with E-state index < -0.39 is 0 Å². The summed E-state index contributed by atoms with van der Waals surface area (Å²) in [7, 11) is 1.65. The van der Waals surface area contributed by atoms with E-state index in [9.17, 15) is 14.4 Å². The van der Waals surface area contributed by atoms with Crippen molar-refractivity contribution in [3.8, 4) is 0 Å². The van der Waals surface area contributed by atoms with Crippen LogP contribution in [-0.4, -0.2) is 45.4 Å². The normalized spacial score (nSPS) is 19.8. The first-order chi connectivity index (χ1) is 13.3. The Balaban J connectivity index is 1.84. The van der Waals surface area contributed by atoms with E-state index in [1.54, 1.807) is 18.9 Å². The summed E-state index contributed by atoms with van der Waals surface area (Å²) in [5, 5.41) is 3.50.